The summed E-state index contributed by atoms with van der Waals surface area (Å²) in [4.78, 5) is 0. The van der Waals surface area contributed by atoms with Gasteiger partial charge in [-0.2, -0.15) is 13.2 Å². The van der Waals surface area contributed by atoms with Crippen molar-refractivity contribution in [2.24, 2.45) is 5.73 Å². The van der Waals surface area contributed by atoms with Crippen molar-refractivity contribution in [2.75, 3.05) is 0 Å². The van der Waals surface area contributed by atoms with Crippen molar-refractivity contribution in [3.8, 4) is 5.69 Å². The lowest BCUT2D eigenvalue weighted by atomic mass is 9.93. The van der Waals surface area contributed by atoms with E-state index in [0.29, 0.717) is 10.7 Å². The summed E-state index contributed by atoms with van der Waals surface area (Å²) in [7, 11) is 0. The zero-order chi connectivity index (χ0) is 15.2. The minimum absolute atomic E-state index is 0.0559. The van der Waals surface area contributed by atoms with E-state index in [0.717, 1.165) is 42.7 Å². The molecule has 1 unspecified atom stereocenters. The van der Waals surface area contributed by atoms with Crippen molar-refractivity contribution < 1.29 is 13.2 Å². The Kier molecular flexibility index (Phi) is 3.50. The van der Waals surface area contributed by atoms with Crippen LogP contribution in [0.5, 0.6) is 0 Å². The smallest absolute Gasteiger partial charge is 0.324 e. The molecular formula is C15H14ClF3N2. The number of alkyl halides is 3. The minimum Gasteiger partial charge on any atom is -0.324 e. The van der Waals surface area contributed by atoms with Crippen LogP contribution in [0.4, 0.5) is 13.2 Å². The number of fused-ring (bicyclic) bond motifs is 1. The van der Waals surface area contributed by atoms with Crippen molar-refractivity contribution in [1.29, 1.82) is 0 Å². The summed E-state index contributed by atoms with van der Waals surface area (Å²) in [6.45, 7) is 0. The van der Waals surface area contributed by atoms with Gasteiger partial charge in [0.15, 0.2) is 0 Å². The van der Waals surface area contributed by atoms with Crippen LogP contribution in [0.1, 0.15) is 35.7 Å². The molecule has 21 heavy (non-hydrogen) atoms. The number of halogens is 4. The second kappa shape index (κ2) is 5.07. The van der Waals surface area contributed by atoms with Crippen LogP contribution in [-0.2, 0) is 12.6 Å². The highest BCUT2D eigenvalue weighted by molar-refractivity contribution is 6.32. The molecule has 0 spiro atoms. The summed E-state index contributed by atoms with van der Waals surface area (Å²) in [6.07, 6.45) is -0.0229. The Morgan fingerprint density at radius 2 is 2.00 bits per heavy atom. The number of rotatable bonds is 1. The molecule has 2 nitrogen and oxygen atoms in total. The molecule has 1 aromatic heterocycles. The van der Waals surface area contributed by atoms with E-state index in [2.05, 4.69) is 0 Å². The quantitative estimate of drug-likeness (QED) is 0.826. The summed E-state index contributed by atoms with van der Waals surface area (Å²) < 4.78 is 40.3. The Balaban J connectivity index is 2.13. The highest BCUT2D eigenvalue weighted by atomic mass is 35.5. The second-order valence-electron chi connectivity index (χ2n) is 5.25. The maximum Gasteiger partial charge on any atom is 0.416 e. The number of benzene rings is 1. The number of aromatic nitrogens is 1. The molecule has 2 N–H and O–H groups in total. The summed E-state index contributed by atoms with van der Waals surface area (Å²) in [6, 6.07) is 5.18. The first kappa shape index (κ1) is 14.5. The van der Waals surface area contributed by atoms with Gasteiger partial charge in [0.25, 0.3) is 0 Å². The molecule has 112 valence electrons. The first-order chi connectivity index (χ1) is 9.88. The fourth-order valence-corrected chi connectivity index (χ4v) is 3.04. The number of nitrogens with two attached hydrogens (primary N) is 1. The summed E-state index contributed by atoms with van der Waals surface area (Å²) >= 11 is 6.10. The number of nitrogens with zero attached hydrogens (tertiary/aromatic N) is 1. The van der Waals surface area contributed by atoms with Gasteiger partial charge >= 0.3 is 6.18 Å². The Labute approximate surface area is 125 Å². The lowest BCUT2D eigenvalue weighted by Gasteiger charge is -2.21. The van der Waals surface area contributed by atoms with E-state index in [9.17, 15) is 13.2 Å². The van der Waals surface area contributed by atoms with Crippen LogP contribution < -0.4 is 5.73 Å². The molecule has 0 bridgehead atoms. The normalized spacial score (nSPS) is 18.6. The van der Waals surface area contributed by atoms with Crippen LogP contribution in [0.3, 0.4) is 0 Å². The van der Waals surface area contributed by atoms with Crippen LogP contribution in [0, 0.1) is 0 Å². The molecule has 1 aliphatic rings. The summed E-state index contributed by atoms with van der Waals surface area (Å²) in [5.74, 6) is 0. The van der Waals surface area contributed by atoms with Crippen LogP contribution in [0.25, 0.3) is 5.69 Å². The fourth-order valence-electron chi connectivity index (χ4n) is 2.83. The van der Waals surface area contributed by atoms with Crippen molar-refractivity contribution in [3.63, 3.8) is 0 Å². The maximum absolute atomic E-state index is 12.9. The van der Waals surface area contributed by atoms with E-state index in [1.807, 2.05) is 6.07 Å². The van der Waals surface area contributed by atoms with Gasteiger partial charge in [0.2, 0.25) is 0 Å². The van der Waals surface area contributed by atoms with E-state index in [4.69, 9.17) is 17.3 Å². The molecule has 0 amide bonds. The maximum atomic E-state index is 12.9. The van der Waals surface area contributed by atoms with Gasteiger partial charge in [0, 0.05) is 17.9 Å². The average Bonchev–Trinajstić information content (AvgIpc) is 2.83. The van der Waals surface area contributed by atoms with Gasteiger partial charge in [-0.05, 0) is 49.1 Å². The molecule has 2 aromatic rings. The predicted octanol–water partition coefficient (Wildman–Crippen LogP) is 4.49. The first-order valence-corrected chi connectivity index (χ1v) is 7.08. The summed E-state index contributed by atoms with van der Waals surface area (Å²) in [5, 5.41) is 0.292. The average molecular weight is 315 g/mol. The predicted molar refractivity (Wildman–Crippen MR) is 75.6 cm³/mol. The molecule has 0 saturated carbocycles. The van der Waals surface area contributed by atoms with Gasteiger partial charge in [-0.15, -0.1) is 0 Å². The van der Waals surface area contributed by atoms with E-state index in [-0.39, 0.29) is 6.04 Å². The van der Waals surface area contributed by atoms with Gasteiger partial charge in [0.1, 0.15) is 0 Å². The minimum atomic E-state index is -4.39. The van der Waals surface area contributed by atoms with Crippen LogP contribution in [0.15, 0.2) is 30.5 Å². The van der Waals surface area contributed by atoms with Gasteiger partial charge in [-0.25, -0.2) is 0 Å². The zero-order valence-corrected chi connectivity index (χ0v) is 11.9. The Bertz CT molecular complexity index is 676. The molecule has 1 heterocycles. The number of hydrogen-bond donors (Lipinski definition) is 1. The summed E-state index contributed by atoms with van der Waals surface area (Å²) in [5.41, 5.74) is 7.64. The second-order valence-corrected chi connectivity index (χ2v) is 5.66. The standard InChI is InChI=1S/C15H14ClF3N2/c16-11-5-4-9(15(17,18)19)8-14(11)21-7-6-10-12(20)2-1-3-13(10)21/h4-8,12H,1-3,20H2. The largest absolute Gasteiger partial charge is 0.416 e. The van der Waals surface area contributed by atoms with E-state index >= 15 is 0 Å². The third-order valence-corrected chi connectivity index (χ3v) is 4.21. The van der Waals surface area contributed by atoms with Crippen LogP contribution >= 0.6 is 11.6 Å². The molecule has 1 aliphatic carbocycles. The van der Waals surface area contributed by atoms with Crippen LogP contribution in [0.2, 0.25) is 5.02 Å². The van der Waals surface area contributed by atoms with Crippen molar-refractivity contribution in [2.45, 2.75) is 31.5 Å². The lowest BCUT2D eigenvalue weighted by molar-refractivity contribution is -0.137. The molecular weight excluding hydrogens is 301 g/mol. The van der Waals surface area contributed by atoms with Gasteiger partial charge in [-0.1, -0.05) is 11.6 Å². The molecule has 1 aromatic carbocycles. The van der Waals surface area contributed by atoms with Crippen molar-refractivity contribution in [1.82, 2.24) is 4.57 Å². The van der Waals surface area contributed by atoms with E-state index < -0.39 is 11.7 Å². The molecule has 0 fully saturated rings. The third kappa shape index (κ3) is 2.56. The molecule has 1 atom stereocenters. The van der Waals surface area contributed by atoms with E-state index in [1.165, 1.54) is 6.07 Å². The monoisotopic (exact) mass is 314 g/mol. The highest BCUT2D eigenvalue weighted by Crippen LogP contribution is 2.36. The van der Waals surface area contributed by atoms with Gasteiger partial charge in [0.05, 0.1) is 16.3 Å². The van der Waals surface area contributed by atoms with Crippen molar-refractivity contribution in [3.05, 3.63) is 52.3 Å². The third-order valence-electron chi connectivity index (χ3n) is 3.89. The molecule has 0 aliphatic heterocycles. The first-order valence-electron chi connectivity index (χ1n) is 6.71. The Hall–Kier alpha value is -1.46. The lowest BCUT2D eigenvalue weighted by Crippen LogP contribution is -2.18. The van der Waals surface area contributed by atoms with E-state index in [1.54, 1.807) is 10.8 Å². The Morgan fingerprint density at radius 1 is 1.24 bits per heavy atom. The molecule has 0 saturated heterocycles. The molecule has 0 radical (unpaired) electrons. The molecule has 3 rings (SSSR count). The van der Waals surface area contributed by atoms with Gasteiger partial charge in [-0.3, -0.25) is 0 Å². The topological polar surface area (TPSA) is 30.9 Å². The zero-order valence-electron chi connectivity index (χ0n) is 11.1. The highest BCUT2D eigenvalue weighted by Gasteiger charge is 2.31. The van der Waals surface area contributed by atoms with Crippen molar-refractivity contribution >= 4 is 11.6 Å². The Morgan fingerprint density at radius 3 is 2.71 bits per heavy atom. The molecule has 6 heteroatoms. The van der Waals surface area contributed by atoms with Crippen LogP contribution in [-0.4, -0.2) is 4.57 Å². The SMILES string of the molecule is NC1CCCc2c1ccn2-c1cc(C(F)(F)F)ccc1Cl. The van der Waals surface area contributed by atoms with Gasteiger partial charge < -0.3 is 10.3 Å². The number of hydrogen-bond acceptors (Lipinski definition) is 1. The fraction of sp³-hybridized carbons (Fsp3) is 0.333.